The van der Waals surface area contributed by atoms with Crippen molar-refractivity contribution in [3.05, 3.63) is 64.7 Å². The van der Waals surface area contributed by atoms with Gasteiger partial charge in [0.15, 0.2) is 0 Å². The highest BCUT2D eigenvalue weighted by Crippen LogP contribution is 2.39. The van der Waals surface area contributed by atoms with Crippen molar-refractivity contribution in [2.75, 3.05) is 6.61 Å². The summed E-state index contributed by atoms with van der Waals surface area (Å²) >= 11 is 0. The number of aryl methyl sites for hydroxylation is 4. The van der Waals surface area contributed by atoms with E-state index >= 15 is 0 Å². The molecule has 3 aromatic carbocycles. The summed E-state index contributed by atoms with van der Waals surface area (Å²) in [6, 6.07) is 10.5. The molecule has 3 aromatic rings. The molecule has 0 saturated heterocycles. The molecule has 0 bridgehead atoms. The first kappa shape index (κ1) is 17.4. The van der Waals surface area contributed by atoms with Gasteiger partial charge in [0.2, 0.25) is 0 Å². The van der Waals surface area contributed by atoms with Crippen LogP contribution in [0.3, 0.4) is 0 Å². The maximum atomic E-state index is 12.2. The van der Waals surface area contributed by atoms with E-state index in [-0.39, 0.29) is 13.0 Å². The number of benzene rings is 3. The molecule has 0 aliphatic rings. The Morgan fingerprint density at radius 3 is 2.12 bits per heavy atom. The van der Waals surface area contributed by atoms with Gasteiger partial charge >= 0.3 is 0 Å². The van der Waals surface area contributed by atoms with Gasteiger partial charge in [-0.1, -0.05) is 24.3 Å². The maximum absolute atomic E-state index is 12.2. The second-order valence-electron chi connectivity index (χ2n) is 6.49. The fourth-order valence-corrected chi connectivity index (χ4v) is 3.73. The molecule has 0 heterocycles. The van der Waals surface area contributed by atoms with Crippen LogP contribution in [0.5, 0.6) is 5.75 Å². The van der Waals surface area contributed by atoms with Gasteiger partial charge in [-0.05, 0) is 83.6 Å². The van der Waals surface area contributed by atoms with Gasteiger partial charge in [0.05, 0.1) is 6.61 Å². The van der Waals surface area contributed by atoms with E-state index in [1.807, 2.05) is 13.0 Å². The summed E-state index contributed by atoms with van der Waals surface area (Å²) in [6.45, 7) is 8.67. The minimum Gasteiger partial charge on any atom is -0.493 e. The van der Waals surface area contributed by atoms with E-state index in [0.717, 1.165) is 23.0 Å². The molecular formula is C22H22F2O. The second-order valence-corrected chi connectivity index (χ2v) is 6.49. The third kappa shape index (κ3) is 3.11. The topological polar surface area (TPSA) is 9.23 Å². The fourth-order valence-electron chi connectivity index (χ4n) is 3.73. The number of halogens is 2. The molecule has 0 radical (unpaired) electrons. The van der Waals surface area contributed by atoms with Crippen LogP contribution in [0.2, 0.25) is 0 Å². The Morgan fingerprint density at radius 1 is 0.920 bits per heavy atom. The summed E-state index contributed by atoms with van der Waals surface area (Å²) in [6.07, 6.45) is -0.561. The summed E-state index contributed by atoms with van der Waals surface area (Å²) in [5.41, 5.74) is 4.72. The summed E-state index contributed by atoms with van der Waals surface area (Å²) in [7, 11) is 0. The Balaban J connectivity index is 2.17. The Morgan fingerprint density at radius 2 is 1.52 bits per heavy atom. The monoisotopic (exact) mass is 340 g/mol. The molecule has 1 nitrogen and oxygen atoms in total. The average Bonchev–Trinajstić information content (AvgIpc) is 2.58. The van der Waals surface area contributed by atoms with Crippen molar-refractivity contribution >= 4 is 21.5 Å². The molecule has 0 N–H and O–H groups in total. The summed E-state index contributed by atoms with van der Waals surface area (Å²) in [5.74, 6) is 0.774. The van der Waals surface area contributed by atoms with E-state index in [1.165, 1.54) is 32.7 Å². The molecule has 0 aromatic heterocycles. The van der Waals surface area contributed by atoms with E-state index in [1.54, 1.807) is 0 Å². The molecule has 0 atom stereocenters. The first-order valence-corrected chi connectivity index (χ1v) is 8.47. The number of fused-ring (bicyclic) bond motifs is 2. The normalized spacial score (nSPS) is 11.1. The number of hydrogen-bond donors (Lipinski definition) is 0. The molecular weight excluding hydrogens is 318 g/mol. The lowest BCUT2D eigenvalue weighted by atomic mass is 9.88. The number of rotatable bonds is 4. The van der Waals surface area contributed by atoms with Gasteiger partial charge in [-0.2, -0.15) is 8.78 Å². The Hall–Kier alpha value is -2.42. The SMILES string of the molecule is Cc1cc(OCCC=C(F)F)c(C)c2c(C)c3ccccc3c(C)c12. The van der Waals surface area contributed by atoms with Crippen LogP contribution >= 0.6 is 0 Å². The lowest BCUT2D eigenvalue weighted by molar-refractivity contribution is 0.318. The van der Waals surface area contributed by atoms with Crippen LogP contribution < -0.4 is 4.74 Å². The van der Waals surface area contributed by atoms with Gasteiger partial charge in [0.1, 0.15) is 5.75 Å². The predicted octanol–water partition coefficient (Wildman–Crippen LogP) is 6.78. The zero-order chi connectivity index (χ0) is 18.1. The number of ether oxygens (including phenoxy) is 1. The highest BCUT2D eigenvalue weighted by atomic mass is 19.3. The number of hydrogen-bond acceptors (Lipinski definition) is 1. The molecule has 0 saturated carbocycles. The summed E-state index contributed by atoms with van der Waals surface area (Å²) in [4.78, 5) is 0. The van der Waals surface area contributed by atoms with Gasteiger partial charge in [-0.15, -0.1) is 0 Å². The van der Waals surface area contributed by atoms with Crippen molar-refractivity contribution in [3.63, 3.8) is 0 Å². The van der Waals surface area contributed by atoms with E-state index in [2.05, 4.69) is 45.0 Å². The Labute approximate surface area is 146 Å². The van der Waals surface area contributed by atoms with Crippen LogP contribution in [0.25, 0.3) is 21.5 Å². The van der Waals surface area contributed by atoms with Crippen molar-refractivity contribution in [3.8, 4) is 5.75 Å². The molecule has 130 valence electrons. The smallest absolute Gasteiger partial charge is 0.266 e. The van der Waals surface area contributed by atoms with E-state index in [4.69, 9.17) is 4.74 Å². The summed E-state index contributed by atoms with van der Waals surface area (Å²) in [5, 5.41) is 4.98. The second kappa shape index (κ2) is 6.83. The van der Waals surface area contributed by atoms with Crippen LogP contribution in [-0.4, -0.2) is 6.61 Å². The third-order valence-electron chi connectivity index (χ3n) is 4.90. The maximum Gasteiger partial charge on any atom is 0.266 e. The highest BCUT2D eigenvalue weighted by Gasteiger charge is 2.15. The molecule has 0 aliphatic heterocycles. The lowest BCUT2D eigenvalue weighted by Crippen LogP contribution is -2.01. The van der Waals surface area contributed by atoms with E-state index in [0.29, 0.717) is 0 Å². The third-order valence-corrected chi connectivity index (χ3v) is 4.90. The van der Waals surface area contributed by atoms with Crippen molar-refractivity contribution in [2.45, 2.75) is 34.1 Å². The molecule has 25 heavy (non-hydrogen) atoms. The van der Waals surface area contributed by atoms with Gasteiger partial charge in [0.25, 0.3) is 6.08 Å². The van der Waals surface area contributed by atoms with Crippen molar-refractivity contribution < 1.29 is 13.5 Å². The zero-order valence-corrected chi connectivity index (χ0v) is 15.0. The Kier molecular flexibility index (Phi) is 4.76. The van der Waals surface area contributed by atoms with Crippen molar-refractivity contribution in [2.24, 2.45) is 0 Å². The predicted molar refractivity (Wildman–Crippen MR) is 101 cm³/mol. The molecule has 3 rings (SSSR count). The van der Waals surface area contributed by atoms with Crippen LogP contribution in [0.15, 0.2) is 42.5 Å². The summed E-state index contributed by atoms with van der Waals surface area (Å²) < 4.78 is 30.1. The molecule has 0 aliphatic carbocycles. The molecule has 0 spiro atoms. The molecule has 0 unspecified atom stereocenters. The van der Waals surface area contributed by atoms with Crippen LogP contribution in [0.1, 0.15) is 28.7 Å². The standard InChI is InChI=1S/C22H22F2O/c1-13-12-19(25-11-7-10-20(23)24)16(4)22-15(3)18-9-6-5-8-17(18)14(2)21(13)22/h5-6,8-10,12H,7,11H2,1-4H3. The van der Waals surface area contributed by atoms with E-state index in [9.17, 15) is 8.78 Å². The molecule has 0 amide bonds. The first-order chi connectivity index (χ1) is 11.9. The van der Waals surface area contributed by atoms with Crippen LogP contribution in [0, 0.1) is 27.7 Å². The van der Waals surface area contributed by atoms with Crippen molar-refractivity contribution in [1.82, 2.24) is 0 Å². The van der Waals surface area contributed by atoms with Gasteiger partial charge in [-0.3, -0.25) is 0 Å². The molecule has 3 heteroatoms. The quantitative estimate of drug-likeness (QED) is 0.376. The Bertz CT molecular complexity index is 983. The lowest BCUT2D eigenvalue weighted by Gasteiger charge is -2.19. The van der Waals surface area contributed by atoms with Gasteiger partial charge in [-0.25, -0.2) is 0 Å². The van der Waals surface area contributed by atoms with E-state index < -0.39 is 6.08 Å². The largest absolute Gasteiger partial charge is 0.493 e. The zero-order valence-electron chi connectivity index (χ0n) is 15.0. The van der Waals surface area contributed by atoms with Crippen LogP contribution in [0.4, 0.5) is 8.78 Å². The molecule has 0 fully saturated rings. The van der Waals surface area contributed by atoms with Gasteiger partial charge in [0, 0.05) is 6.42 Å². The van der Waals surface area contributed by atoms with Crippen molar-refractivity contribution in [1.29, 1.82) is 0 Å². The minimum atomic E-state index is -1.66. The van der Waals surface area contributed by atoms with Crippen LogP contribution in [-0.2, 0) is 0 Å². The minimum absolute atomic E-state index is 0.203. The highest BCUT2D eigenvalue weighted by molar-refractivity contribution is 6.08. The first-order valence-electron chi connectivity index (χ1n) is 8.47. The fraction of sp³-hybridized carbons (Fsp3) is 0.273. The van der Waals surface area contributed by atoms with Gasteiger partial charge < -0.3 is 4.74 Å². The average molecular weight is 340 g/mol.